The second-order valence-corrected chi connectivity index (χ2v) is 21.3. The molecule has 2 aliphatic rings. The fourth-order valence-corrected chi connectivity index (χ4v) is 9.03. The van der Waals surface area contributed by atoms with Gasteiger partial charge < -0.3 is 50.0 Å². The van der Waals surface area contributed by atoms with E-state index >= 15 is 0 Å². The minimum Gasteiger partial charge on any atom is -1.00 e. The molecule has 0 aromatic heterocycles. The first-order valence-electron chi connectivity index (χ1n) is 24.9. The van der Waals surface area contributed by atoms with Gasteiger partial charge in [-0.3, -0.25) is 9.05 Å². The van der Waals surface area contributed by atoms with E-state index in [1.807, 2.05) is 48.8 Å². The van der Waals surface area contributed by atoms with Crippen molar-refractivity contribution < 1.29 is 63.7 Å². The molecule has 12 heteroatoms. The van der Waals surface area contributed by atoms with Crippen molar-refractivity contribution in [3.63, 3.8) is 0 Å². The minimum atomic E-state index is -3.91. The van der Waals surface area contributed by atoms with E-state index in [0.717, 1.165) is 25.9 Å². The third kappa shape index (κ3) is 32.9. The van der Waals surface area contributed by atoms with Gasteiger partial charge in [0.05, 0.1) is 41.0 Å². The van der Waals surface area contributed by atoms with Crippen LogP contribution in [0.15, 0.2) is 0 Å². The highest BCUT2D eigenvalue weighted by molar-refractivity contribution is 7.47. The molecule has 60 heavy (non-hydrogen) atoms. The summed E-state index contributed by atoms with van der Waals surface area (Å²) in [4.78, 5) is 9.76. The van der Waals surface area contributed by atoms with E-state index < -0.39 is 19.4 Å². The highest BCUT2D eigenvalue weighted by atomic mass is 79.9. The van der Waals surface area contributed by atoms with Gasteiger partial charge in [-0.2, -0.15) is 0 Å². The molecule has 2 fully saturated rings. The van der Waals surface area contributed by atoms with Gasteiger partial charge in [-0.25, -0.2) is 4.57 Å². The lowest BCUT2D eigenvalue weighted by Crippen LogP contribution is -3.00. The number of quaternary nitrogens is 1. The van der Waals surface area contributed by atoms with Crippen molar-refractivity contribution in [2.45, 2.75) is 250 Å². The highest BCUT2D eigenvalue weighted by Gasteiger charge is 2.49. The van der Waals surface area contributed by atoms with Crippen LogP contribution in [-0.2, 0) is 37.3 Å². The Hall–Kier alpha value is 0.350. The molecule has 10 nitrogen and oxygen atoms in total. The zero-order valence-electron chi connectivity index (χ0n) is 40.2. The van der Waals surface area contributed by atoms with Gasteiger partial charge in [0, 0.05) is 6.61 Å². The Bertz CT molecular complexity index is 1050. The fraction of sp³-hybridized carbons (Fsp3) is 1.00. The van der Waals surface area contributed by atoms with Gasteiger partial charge in [0.2, 0.25) is 0 Å². The minimum absolute atomic E-state index is 0. The van der Waals surface area contributed by atoms with Crippen LogP contribution in [0.4, 0.5) is 0 Å². The molecule has 360 valence electrons. The molecule has 1 unspecified atom stereocenters. The number of hydrogen-bond donors (Lipinski definition) is 1. The van der Waals surface area contributed by atoms with Crippen LogP contribution < -0.4 is 17.0 Å². The second-order valence-electron chi connectivity index (χ2n) is 19.8. The molecule has 0 spiro atoms. The van der Waals surface area contributed by atoms with E-state index in [4.69, 9.17) is 32.7 Å². The van der Waals surface area contributed by atoms with Gasteiger partial charge >= 0.3 is 7.82 Å². The Morgan fingerprint density at radius 2 is 0.867 bits per heavy atom. The molecule has 4 atom stereocenters. The number of halogens is 1. The molecule has 0 aromatic carbocycles. The monoisotopic (exact) mass is 942 g/mol. The van der Waals surface area contributed by atoms with Crippen molar-refractivity contribution in [1.29, 1.82) is 0 Å². The summed E-state index contributed by atoms with van der Waals surface area (Å²) < 4.78 is 52.9. The van der Waals surface area contributed by atoms with E-state index in [0.29, 0.717) is 30.8 Å². The summed E-state index contributed by atoms with van der Waals surface area (Å²) in [6.07, 6.45) is 39.9. The maximum Gasteiger partial charge on any atom is 0.472 e. The Labute approximate surface area is 381 Å². The lowest BCUT2D eigenvalue weighted by atomic mass is 10.0. The molecule has 2 saturated heterocycles. The van der Waals surface area contributed by atoms with Gasteiger partial charge in [-0.05, 0) is 40.5 Å². The molecule has 0 aromatic rings. The molecule has 2 rings (SSSR count). The number of rotatable bonds is 41. The number of nitrogens with zero attached hydrogens (tertiary/aromatic N) is 1. The first-order chi connectivity index (χ1) is 28.2. The van der Waals surface area contributed by atoms with Crippen molar-refractivity contribution in [2.75, 3.05) is 60.7 Å². The van der Waals surface area contributed by atoms with Crippen molar-refractivity contribution >= 4 is 7.82 Å². The number of phosphoric acid groups is 1. The van der Waals surface area contributed by atoms with Crippen LogP contribution >= 0.6 is 7.82 Å². The molecular formula is C48H97BrNO9P. The Balaban J connectivity index is 0.0000180. The smallest absolute Gasteiger partial charge is 0.472 e. The highest BCUT2D eigenvalue weighted by Crippen LogP contribution is 2.43. The van der Waals surface area contributed by atoms with Crippen LogP contribution in [0.5, 0.6) is 0 Å². The summed E-state index contributed by atoms with van der Waals surface area (Å²) in [5, 5.41) is 0. The summed E-state index contributed by atoms with van der Waals surface area (Å²) in [7, 11) is 2.16. The number of phosphoric ester groups is 1. The van der Waals surface area contributed by atoms with Crippen molar-refractivity contribution in [3.8, 4) is 0 Å². The number of hydrogen-bond acceptors (Lipinski definition) is 8. The molecule has 1 N–H and O–H groups in total. The molecule has 2 aliphatic heterocycles. The van der Waals surface area contributed by atoms with E-state index in [1.54, 1.807) is 0 Å². The lowest BCUT2D eigenvalue weighted by molar-refractivity contribution is -0.870. The maximum atomic E-state index is 11.9. The zero-order valence-corrected chi connectivity index (χ0v) is 42.7. The molecule has 0 saturated carbocycles. The number of ether oxygens (including phenoxy) is 5. The summed E-state index contributed by atoms with van der Waals surface area (Å²) in [6.45, 7) is 10.8. The van der Waals surface area contributed by atoms with Crippen molar-refractivity contribution in [2.24, 2.45) is 0 Å². The summed E-state index contributed by atoms with van der Waals surface area (Å²) in [5.74, 6) is -1.19. The van der Waals surface area contributed by atoms with Crippen LogP contribution in [0, 0.1) is 0 Å². The van der Waals surface area contributed by atoms with E-state index in [2.05, 4.69) is 0 Å². The van der Waals surface area contributed by atoms with Gasteiger partial charge in [0.1, 0.15) is 31.5 Å². The first-order valence-corrected chi connectivity index (χ1v) is 26.4. The SMILES string of the molecule is CC1(C)OC[C@H]([C@H]2OC(C)(C)O[C@@H]2COCCCCCCCCCCCCCCCCCCCCCCCCCCCCCCCCOP(=O)(O)OCC[N+](C)(C)C)O1.[Br-]. The predicted molar refractivity (Wildman–Crippen MR) is 243 cm³/mol. The van der Waals surface area contributed by atoms with Crippen LogP contribution in [0.2, 0.25) is 0 Å². The predicted octanol–water partition coefficient (Wildman–Crippen LogP) is 10.2. The molecule has 0 amide bonds. The zero-order chi connectivity index (χ0) is 43.1. The van der Waals surface area contributed by atoms with E-state index in [9.17, 15) is 9.46 Å². The molecular weight excluding hydrogens is 845 g/mol. The third-order valence-corrected chi connectivity index (χ3v) is 12.9. The Morgan fingerprint density at radius 1 is 0.517 bits per heavy atom. The van der Waals surface area contributed by atoms with Gasteiger partial charge in [-0.1, -0.05) is 180 Å². The first kappa shape index (κ1) is 58.4. The third-order valence-electron chi connectivity index (χ3n) is 11.9. The largest absolute Gasteiger partial charge is 1.00 e. The summed E-state index contributed by atoms with van der Waals surface area (Å²) in [6, 6.07) is 0. The van der Waals surface area contributed by atoms with Gasteiger partial charge in [0.25, 0.3) is 0 Å². The van der Waals surface area contributed by atoms with E-state index in [1.165, 1.54) is 173 Å². The summed E-state index contributed by atoms with van der Waals surface area (Å²) >= 11 is 0. The molecule has 2 heterocycles. The number of unbranched alkanes of at least 4 members (excludes halogenated alkanes) is 29. The lowest BCUT2D eigenvalue weighted by Gasteiger charge is -2.24. The molecule has 0 bridgehead atoms. The van der Waals surface area contributed by atoms with Crippen LogP contribution in [0.25, 0.3) is 0 Å². The number of likely N-dealkylation sites (N-methyl/N-ethyl adjacent to an activating group) is 1. The molecule has 0 aliphatic carbocycles. The fourth-order valence-electron chi connectivity index (χ4n) is 8.29. The van der Waals surface area contributed by atoms with Crippen LogP contribution in [0.1, 0.15) is 220 Å². The second kappa shape index (κ2) is 34.7. The maximum absolute atomic E-state index is 11.9. The Kier molecular flexibility index (Phi) is 33.7. The van der Waals surface area contributed by atoms with Crippen molar-refractivity contribution in [3.05, 3.63) is 0 Å². The molecule has 0 radical (unpaired) electrons. The average Bonchev–Trinajstić information content (AvgIpc) is 3.68. The topological polar surface area (TPSA) is 102 Å². The van der Waals surface area contributed by atoms with Crippen molar-refractivity contribution in [1.82, 2.24) is 0 Å². The van der Waals surface area contributed by atoms with Crippen LogP contribution in [-0.4, -0.2) is 100.0 Å². The summed E-state index contributed by atoms with van der Waals surface area (Å²) in [5.41, 5.74) is 0. The quantitative estimate of drug-likeness (QED) is 0.0365. The Morgan fingerprint density at radius 3 is 1.22 bits per heavy atom. The van der Waals surface area contributed by atoms with Gasteiger partial charge in [-0.15, -0.1) is 0 Å². The normalized spacial score (nSPS) is 21.0. The standard InChI is InChI=1S/C48H96NO9P.BrH/c1-47(2)53-43-45(56-47)46-44(57-48(3,4)58-46)42-52-39-36-34-32-30-28-26-24-22-20-18-16-14-12-10-8-9-11-13-15-17-19-21-23-25-27-29-31-33-35-37-40-54-59(50,51)55-41-38-49(5,6)7;/h44-46H,8-43H2,1-7H3;1H/t44-,45-,46+;/m1./s1. The van der Waals surface area contributed by atoms with Crippen LogP contribution in [0.3, 0.4) is 0 Å². The van der Waals surface area contributed by atoms with Gasteiger partial charge in [0.15, 0.2) is 11.6 Å². The average molecular weight is 943 g/mol. The van der Waals surface area contributed by atoms with E-state index in [-0.39, 0.29) is 41.9 Å².